The van der Waals surface area contributed by atoms with Crippen molar-refractivity contribution in [2.24, 2.45) is 5.41 Å². The molecule has 0 saturated heterocycles. The van der Waals surface area contributed by atoms with Gasteiger partial charge in [0, 0.05) is 53.8 Å². The van der Waals surface area contributed by atoms with Crippen LogP contribution in [0, 0.1) is 5.41 Å². The van der Waals surface area contributed by atoms with E-state index in [0.29, 0.717) is 40.9 Å². The van der Waals surface area contributed by atoms with Gasteiger partial charge in [-0.2, -0.15) is 4.98 Å². The van der Waals surface area contributed by atoms with Crippen molar-refractivity contribution in [2.45, 2.75) is 44.6 Å². The number of amides is 3. The number of halogens is 1. The molecule has 0 bridgehead atoms. The van der Waals surface area contributed by atoms with Crippen LogP contribution in [0.4, 0.5) is 23.0 Å². The van der Waals surface area contributed by atoms with Gasteiger partial charge in [-0.3, -0.25) is 14.4 Å². The average Bonchev–Trinajstić information content (AvgIpc) is 3.47. The van der Waals surface area contributed by atoms with Gasteiger partial charge in [-0.1, -0.05) is 24.4 Å². The third-order valence-electron chi connectivity index (χ3n) is 8.01. The van der Waals surface area contributed by atoms with Gasteiger partial charge in [-0.15, -0.1) is 0 Å². The van der Waals surface area contributed by atoms with E-state index in [1.54, 1.807) is 61.6 Å². The van der Waals surface area contributed by atoms with E-state index >= 15 is 0 Å². The molecule has 2 fully saturated rings. The number of rotatable bonds is 8. The van der Waals surface area contributed by atoms with E-state index in [9.17, 15) is 14.4 Å². The molecule has 216 valence electrons. The fraction of sp³-hybridized carbons (Fsp3) is 0.323. The number of carbonyl (C=O) groups excluding carboxylic acids is 3. The van der Waals surface area contributed by atoms with Gasteiger partial charge in [0.15, 0.2) is 0 Å². The Morgan fingerprint density at radius 2 is 1.48 bits per heavy atom. The molecule has 6 rings (SSSR count). The van der Waals surface area contributed by atoms with Crippen LogP contribution in [-0.4, -0.2) is 51.3 Å². The molecular weight excluding hydrogens is 554 g/mol. The van der Waals surface area contributed by atoms with Crippen LogP contribution >= 0.6 is 11.6 Å². The molecule has 2 saturated carbocycles. The highest BCUT2D eigenvalue weighted by molar-refractivity contribution is 6.30. The van der Waals surface area contributed by atoms with E-state index in [1.165, 1.54) is 0 Å². The Labute approximate surface area is 248 Å². The zero-order valence-corrected chi connectivity index (χ0v) is 24.2. The Morgan fingerprint density at radius 3 is 2.05 bits per heavy atom. The number of fused-ring (bicyclic) bond motifs is 1. The van der Waals surface area contributed by atoms with Crippen molar-refractivity contribution in [3.63, 3.8) is 0 Å². The first kappa shape index (κ1) is 27.7. The van der Waals surface area contributed by atoms with Crippen molar-refractivity contribution in [2.75, 3.05) is 30.0 Å². The Hall–Kier alpha value is -4.44. The largest absolute Gasteiger partial charge is 0.343 e. The quantitative estimate of drug-likeness (QED) is 0.218. The van der Waals surface area contributed by atoms with Crippen LogP contribution in [0.5, 0.6) is 0 Å². The lowest BCUT2D eigenvalue weighted by molar-refractivity contribution is -0.131. The predicted molar refractivity (Wildman–Crippen MR) is 163 cm³/mol. The molecule has 2 heterocycles. The van der Waals surface area contributed by atoms with Crippen LogP contribution in [0.1, 0.15) is 55.1 Å². The minimum atomic E-state index is -1.08. The molecule has 2 aliphatic rings. The van der Waals surface area contributed by atoms with Crippen LogP contribution in [0.25, 0.3) is 11.0 Å². The third-order valence-corrected chi connectivity index (χ3v) is 8.26. The van der Waals surface area contributed by atoms with Crippen molar-refractivity contribution < 1.29 is 14.4 Å². The summed E-state index contributed by atoms with van der Waals surface area (Å²) in [5, 5.41) is 10.3. The zero-order chi connectivity index (χ0) is 29.4. The smallest absolute Gasteiger partial charge is 0.270 e. The van der Waals surface area contributed by atoms with E-state index in [2.05, 4.69) is 25.5 Å². The number of aromatic nitrogens is 3. The summed E-state index contributed by atoms with van der Waals surface area (Å²) >= 11 is 5.92. The number of hydrogen-bond donors (Lipinski definition) is 3. The fourth-order valence-electron chi connectivity index (χ4n) is 5.48. The Bertz CT molecular complexity index is 1650. The molecular formula is C31H32ClN7O3. The Balaban J connectivity index is 1.15. The number of carbonyl (C=O) groups is 3. The summed E-state index contributed by atoms with van der Waals surface area (Å²) in [6.45, 7) is 0. The highest BCUT2D eigenvalue weighted by Gasteiger charge is 2.56. The maximum absolute atomic E-state index is 13.1. The molecule has 3 N–H and O–H groups in total. The normalized spacial score (nSPS) is 15.8. The van der Waals surface area contributed by atoms with Crippen LogP contribution in [0.3, 0.4) is 0 Å². The average molecular weight is 586 g/mol. The molecule has 42 heavy (non-hydrogen) atoms. The second-order valence-electron chi connectivity index (χ2n) is 11.2. The number of benzene rings is 2. The van der Waals surface area contributed by atoms with E-state index in [4.69, 9.17) is 16.6 Å². The summed E-state index contributed by atoms with van der Waals surface area (Å²) in [5.74, 6) is -0.302. The van der Waals surface area contributed by atoms with Crippen molar-refractivity contribution in [3.8, 4) is 0 Å². The third kappa shape index (κ3) is 5.42. The van der Waals surface area contributed by atoms with Gasteiger partial charge in [0.05, 0.1) is 0 Å². The molecule has 2 aromatic carbocycles. The second kappa shape index (κ2) is 11.1. The minimum absolute atomic E-state index is 0.0533. The van der Waals surface area contributed by atoms with Crippen LogP contribution in [0.2, 0.25) is 5.02 Å². The van der Waals surface area contributed by atoms with Gasteiger partial charge in [0.25, 0.3) is 5.91 Å². The maximum atomic E-state index is 13.1. The first-order chi connectivity index (χ1) is 20.2. The molecule has 2 aliphatic carbocycles. The van der Waals surface area contributed by atoms with Crippen molar-refractivity contribution in [3.05, 3.63) is 71.5 Å². The maximum Gasteiger partial charge on any atom is 0.270 e. The summed E-state index contributed by atoms with van der Waals surface area (Å²) < 4.78 is 2.08. The molecule has 2 aromatic heterocycles. The topological polar surface area (TPSA) is 121 Å². The lowest BCUT2D eigenvalue weighted by Crippen LogP contribution is -2.35. The molecule has 4 aromatic rings. The summed E-state index contributed by atoms with van der Waals surface area (Å²) in [4.78, 5) is 49.8. The van der Waals surface area contributed by atoms with Gasteiger partial charge in [-0.25, -0.2) is 4.98 Å². The fourth-order valence-corrected chi connectivity index (χ4v) is 5.60. The van der Waals surface area contributed by atoms with Gasteiger partial charge in [0.2, 0.25) is 17.8 Å². The molecule has 11 heteroatoms. The van der Waals surface area contributed by atoms with Crippen molar-refractivity contribution in [1.82, 2.24) is 19.4 Å². The molecule has 0 unspecified atom stereocenters. The summed E-state index contributed by atoms with van der Waals surface area (Å²) in [7, 11) is 3.51. The second-order valence-corrected chi connectivity index (χ2v) is 11.6. The van der Waals surface area contributed by atoms with Gasteiger partial charge in [0.1, 0.15) is 16.8 Å². The highest BCUT2D eigenvalue weighted by atomic mass is 35.5. The number of hydrogen-bond acceptors (Lipinski definition) is 6. The summed E-state index contributed by atoms with van der Waals surface area (Å²) in [6.07, 6.45) is 7.01. The lowest BCUT2D eigenvalue weighted by atomic mass is 10.0. The van der Waals surface area contributed by atoms with E-state index in [1.807, 2.05) is 18.2 Å². The van der Waals surface area contributed by atoms with Gasteiger partial charge >= 0.3 is 0 Å². The molecule has 10 nitrogen and oxygen atoms in total. The number of nitrogens with one attached hydrogen (secondary N) is 3. The monoisotopic (exact) mass is 585 g/mol. The molecule has 0 radical (unpaired) electrons. The van der Waals surface area contributed by atoms with Gasteiger partial charge < -0.3 is 25.4 Å². The lowest BCUT2D eigenvalue weighted by Gasteiger charge is -2.19. The van der Waals surface area contributed by atoms with E-state index < -0.39 is 5.41 Å². The van der Waals surface area contributed by atoms with Crippen molar-refractivity contribution >= 4 is 63.4 Å². The predicted octanol–water partition coefficient (Wildman–Crippen LogP) is 6.00. The summed E-state index contributed by atoms with van der Waals surface area (Å²) in [6, 6.07) is 16.0. The SMILES string of the molecule is CN(C)C(=O)c1cc2cnc(Nc3ccc(NC(=O)C4(C(=O)Nc5ccc(Cl)cc5)CC4)cc3)nc2n1C1CCCC1. The Kier molecular flexibility index (Phi) is 7.32. The number of nitrogens with zero attached hydrogens (tertiary/aromatic N) is 4. The number of anilines is 4. The van der Waals surface area contributed by atoms with Crippen LogP contribution < -0.4 is 16.0 Å². The molecule has 0 spiro atoms. The Morgan fingerprint density at radius 1 is 0.905 bits per heavy atom. The zero-order valence-electron chi connectivity index (χ0n) is 23.5. The first-order valence-corrected chi connectivity index (χ1v) is 14.5. The first-order valence-electron chi connectivity index (χ1n) is 14.1. The van der Waals surface area contributed by atoms with E-state index in [0.717, 1.165) is 42.4 Å². The van der Waals surface area contributed by atoms with Crippen LogP contribution in [-0.2, 0) is 9.59 Å². The molecule has 0 aliphatic heterocycles. The van der Waals surface area contributed by atoms with Gasteiger partial charge in [-0.05, 0) is 80.3 Å². The van der Waals surface area contributed by atoms with Crippen LogP contribution in [0.15, 0.2) is 60.8 Å². The van der Waals surface area contributed by atoms with E-state index in [-0.39, 0.29) is 23.8 Å². The standard InChI is InChI=1S/C31H32ClN7O3/c1-38(2)27(40)25-17-19-18-33-30(37-26(19)39(25)24-5-3-4-6-24)36-23-13-11-22(12-14-23)35-29(42)31(15-16-31)28(41)34-21-9-7-20(32)8-10-21/h7-14,17-18,24H,3-6,15-16H2,1-2H3,(H,34,41)(H,35,42)(H,33,36,37). The molecule has 3 amide bonds. The summed E-state index contributed by atoms with van der Waals surface area (Å²) in [5.41, 5.74) is 2.19. The highest BCUT2D eigenvalue weighted by Crippen LogP contribution is 2.47. The van der Waals surface area contributed by atoms with Crippen molar-refractivity contribution in [1.29, 1.82) is 0 Å². The molecule has 0 atom stereocenters. The minimum Gasteiger partial charge on any atom is -0.343 e.